The fourth-order valence-corrected chi connectivity index (χ4v) is 7.16. The molecule has 1 aliphatic carbocycles. The van der Waals surface area contributed by atoms with Gasteiger partial charge in [0.05, 0.1) is 28.7 Å². The lowest BCUT2D eigenvalue weighted by atomic mass is 9.78. The Morgan fingerprint density at radius 1 is 0.970 bits per heavy atom. The van der Waals surface area contributed by atoms with Gasteiger partial charge in [-0.05, 0) is 31.0 Å². The highest BCUT2D eigenvalue weighted by atomic mass is 16.5. The quantitative estimate of drug-likeness (QED) is 0.370. The molecule has 164 valence electrons. The highest BCUT2D eigenvalue weighted by Crippen LogP contribution is 2.60. The van der Waals surface area contributed by atoms with Crippen molar-refractivity contribution < 1.29 is 14.6 Å². The van der Waals surface area contributed by atoms with Crippen LogP contribution in [0.3, 0.4) is 0 Å². The van der Waals surface area contributed by atoms with Crippen molar-refractivity contribution >= 4 is 49.4 Å². The summed E-state index contributed by atoms with van der Waals surface area (Å²) in [7, 11) is 0. The third-order valence-electron chi connectivity index (χ3n) is 8.92. The number of hydrogen-bond acceptors (Lipinski definition) is 3. The van der Waals surface area contributed by atoms with Crippen molar-refractivity contribution in [3.63, 3.8) is 0 Å². The molecule has 3 aromatic carbocycles. The van der Waals surface area contributed by atoms with Crippen molar-refractivity contribution in [2.24, 2.45) is 5.41 Å². The Morgan fingerprint density at radius 2 is 1.67 bits per heavy atom. The first kappa shape index (κ1) is 18.3. The molecule has 4 heterocycles. The fourth-order valence-electron chi connectivity index (χ4n) is 7.16. The molecule has 8 rings (SSSR count). The first-order chi connectivity index (χ1) is 16.0. The summed E-state index contributed by atoms with van der Waals surface area (Å²) >= 11 is 0. The van der Waals surface area contributed by atoms with E-state index in [1.54, 1.807) is 0 Å². The van der Waals surface area contributed by atoms with Gasteiger partial charge in [-0.1, -0.05) is 43.3 Å². The van der Waals surface area contributed by atoms with Crippen LogP contribution >= 0.6 is 0 Å². The van der Waals surface area contributed by atoms with Gasteiger partial charge in [0.15, 0.2) is 11.5 Å². The van der Waals surface area contributed by atoms with Crippen LogP contribution in [0.25, 0.3) is 43.6 Å². The average Bonchev–Trinajstić information content (AvgIpc) is 3.51. The largest absolute Gasteiger partial charge is 0.396 e. The van der Waals surface area contributed by atoms with Crippen LogP contribution in [0.2, 0.25) is 0 Å². The van der Waals surface area contributed by atoms with Crippen molar-refractivity contribution in [1.82, 2.24) is 9.13 Å². The number of rotatable bonds is 1. The van der Waals surface area contributed by atoms with Crippen LogP contribution in [0.4, 0.5) is 0 Å². The van der Waals surface area contributed by atoms with Gasteiger partial charge in [-0.15, -0.1) is 0 Å². The second-order valence-corrected chi connectivity index (χ2v) is 10.4. The van der Waals surface area contributed by atoms with Crippen LogP contribution in [0.5, 0.6) is 0 Å². The minimum Gasteiger partial charge on any atom is -0.396 e. The Hall–Kier alpha value is -3.15. The van der Waals surface area contributed by atoms with Gasteiger partial charge in [0.2, 0.25) is 0 Å². The predicted molar refractivity (Wildman–Crippen MR) is 129 cm³/mol. The number of para-hydroxylation sites is 2. The fraction of sp³-hybridized carbons (Fsp3) is 0.321. The molecule has 5 aromatic rings. The van der Waals surface area contributed by atoms with Crippen LogP contribution in [0, 0.1) is 5.41 Å². The maximum absolute atomic E-state index is 13.3. The van der Waals surface area contributed by atoms with Crippen LogP contribution in [0.1, 0.15) is 48.8 Å². The molecule has 0 unspecified atom stereocenters. The number of fused-ring (bicyclic) bond motifs is 13. The molecule has 3 aliphatic rings. The van der Waals surface area contributed by atoms with E-state index in [1.165, 1.54) is 10.9 Å². The predicted octanol–water partition coefficient (Wildman–Crippen LogP) is 5.64. The van der Waals surface area contributed by atoms with Crippen LogP contribution in [0.15, 0.2) is 48.5 Å². The molecule has 0 saturated carbocycles. The number of benzene rings is 3. The molecule has 33 heavy (non-hydrogen) atoms. The zero-order valence-electron chi connectivity index (χ0n) is 18.7. The Labute approximate surface area is 190 Å². The Bertz CT molecular complexity index is 1720. The summed E-state index contributed by atoms with van der Waals surface area (Å²) in [6, 6.07) is 16.9. The lowest BCUT2D eigenvalue weighted by molar-refractivity contribution is -0.149. The van der Waals surface area contributed by atoms with E-state index < -0.39 is 11.1 Å². The molecular weight excluding hydrogens is 412 g/mol. The minimum atomic E-state index is -0.725. The Morgan fingerprint density at radius 3 is 2.42 bits per heavy atom. The van der Waals surface area contributed by atoms with Crippen LogP contribution in [-0.4, -0.2) is 26.6 Å². The van der Waals surface area contributed by atoms with E-state index in [9.17, 15) is 9.90 Å². The maximum atomic E-state index is 13.3. The lowest BCUT2D eigenvalue weighted by Gasteiger charge is -2.40. The minimum absolute atomic E-state index is 0.0368. The van der Waals surface area contributed by atoms with E-state index in [1.807, 2.05) is 0 Å². The van der Waals surface area contributed by atoms with Crippen LogP contribution in [-0.2, 0) is 16.9 Å². The molecule has 2 bridgehead atoms. The summed E-state index contributed by atoms with van der Waals surface area (Å²) in [5.74, 6) is 0.244. The van der Waals surface area contributed by atoms with E-state index in [0.717, 1.165) is 50.2 Å². The van der Waals surface area contributed by atoms with Crippen molar-refractivity contribution in [3.8, 4) is 0 Å². The molecule has 3 atom stereocenters. The average molecular weight is 437 g/mol. The zero-order chi connectivity index (χ0) is 22.3. The van der Waals surface area contributed by atoms with Crippen molar-refractivity contribution in [1.29, 1.82) is 0 Å². The molecule has 5 heteroatoms. The highest BCUT2D eigenvalue weighted by molar-refractivity contribution is 6.31. The van der Waals surface area contributed by atoms with Gasteiger partial charge in [0, 0.05) is 45.4 Å². The number of nitrogens with zero attached hydrogens (tertiary/aromatic N) is 2. The van der Waals surface area contributed by atoms with Crippen molar-refractivity contribution in [2.45, 2.75) is 45.1 Å². The normalized spacial score (nSPS) is 28.1. The number of carbonyl (C=O) groups excluding carboxylic acids is 1. The summed E-state index contributed by atoms with van der Waals surface area (Å²) in [5.41, 5.74) is 5.33. The second kappa shape index (κ2) is 5.49. The number of hydrogen-bond donors (Lipinski definition) is 1. The lowest BCUT2D eigenvalue weighted by Crippen LogP contribution is -2.45. The standard InChI is InChI=1S/C28H24N2O3/c1-27(14-31)13-21-29-18-9-5-3-7-15(18)24-23-17(11-12-20(23)32)22-16-8-4-6-10-19(16)30(26(22)25(24)29)28(27,2)33-21/h3-10,21,31H,11-14H2,1-2H3/t21-,27-,28+/m1/s1. The van der Waals surface area contributed by atoms with Crippen LogP contribution < -0.4 is 0 Å². The summed E-state index contributed by atoms with van der Waals surface area (Å²) in [6.07, 6.45) is 1.82. The third-order valence-corrected chi connectivity index (χ3v) is 8.92. The summed E-state index contributed by atoms with van der Waals surface area (Å²) in [5, 5.41) is 15.2. The van der Waals surface area contributed by atoms with Crippen molar-refractivity contribution in [3.05, 3.63) is 59.7 Å². The second-order valence-electron chi connectivity index (χ2n) is 10.4. The number of aliphatic hydroxyl groups is 1. The number of ether oxygens (including phenoxy) is 1. The Balaban J connectivity index is 1.78. The zero-order valence-corrected chi connectivity index (χ0v) is 18.7. The molecule has 0 amide bonds. The molecule has 0 spiro atoms. The van der Waals surface area contributed by atoms with Crippen molar-refractivity contribution in [2.75, 3.05) is 6.61 Å². The summed E-state index contributed by atoms with van der Waals surface area (Å²) in [6.45, 7) is 4.31. The number of ketones is 1. The summed E-state index contributed by atoms with van der Waals surface area (Å²) in [4.78, 5) is 13.3. The maximum Gasteiger partial charge on any atom is 0.164 e. The molecular formula is C28H24N2O3. The van der Waals surface area contributed by atoms with Gasteiger partial charge in [0.1, 0.15) is 6.23 Å². The monoisotopic (exact) mass is 436 g/mol. The van der Waals surface area contributed by atoms with E-state index in [0.29, 0.717) is 12.8 Å². The van der Waals surface area contributed by atoms with Gasteiger partial charge < -0.3 is 19.0 Å². The number of Topliss-reactive ketones (excluding diaryl/α,β-unsaturated/α-hetero) is 1. The first-order valence-corrected chi connectivity index (χ1v) is 11.8. The molecule has 1 fully saturated rings. The topological polar surface area (TPSA) is 56.4 Å². The van der Waals surface area contributed by atoms with Gasteiger partial charge in [-0.2, -0.15) is 0 Å². The van der Waals surface area contributed by atoms with Gasteiger partial charge in [0.25, 0.3) is 0 Å². The number of aliphatic hydroxyl groups excluding tert-OH is 1. The summed E-state index contributed by atoms with van der Waals surface area (Å²) < 4.78 is 11.6. The van der Waals surface area contributed by atoms with E-state index in [-0.39, 0.29) is 18.6 Å². The molecule has 1 saturated heterocycles. The highest BCUT2D eigenvalue weighted by Gasteiger charge is 2.58. The van der Waals surface area contributed by atoms with E-state index in [2.05, 4.69) is 71.5 Å². The number of aryl methyl sites for hydroxylation is 1. The van der Waals surface area contributed by atoms with E-state index >= 15 is 0 Å². The van der Waals surface area contributed by atoms with Gasteiger partial charge >= 0.3 is 0 Å². The third kappa shape index (κ3) is 1.79. The number of aromatic nitrogens is 2. The molecule has 1 N–H and O–H groups in total. The Kier molecular flexibility index (Phi) is 3.04. The molecule has 2 aromatic heterocycles. The molecule has 2 aliphatic heterocycles. The smallest absolute Gasteiger partial charge is 0.164 e. The molecule has 0 radical (unpaired) electrons. The van der Waals surface area contributed by atoms with Gasteiger partial charge in [-0.3, -0.25) is 4.79 Å². The molecule has 5 nitrogen and oxygen atoms in total. The SMILES string of the molecule is C[C@]1(CO)C[C@H]2O[C@]1(C)n1c3ccccc3c3c4c(c5c6ccccc6n2c5c31)C(=O)CC4. The first-order valence-electron chi connectivity index (χ1n) is 11.8. The number of carbonyl (C=O) groups is 1. The van der Waals surface area contributed by atoms with Gasteiger partial charge in [-0.25, -0.2) is 0 Å². The van der Waals surface area contributed by atoms with E-state index in [4.69, 9.17) is 4.74 Å².